The fourth-order valence-corrected chi connectivity index (χ4v) is 4.94. The van der Waals surface area contributed by atoms with Crippen LogP contribution in [0.15, 0.2) is 71.8 Å². The summed E-state index contributed by atoms with van der Waals surface area (Å²) in [6, 6.07) is 16.5. The summed E-state index contributed by atoms with van der Waals surface area (Å²) in [7, 11) is 3.43. The first-order valence-corrected chi connectivity index (χ1v) is 12.0. The molecule has 10 nitrogen and oxygen atoms in total. The highest BCUT2D eigenvalue weighted by molar-refractivity contribution is 6.16. The number of ether oxygens (including phenoxy) is 1. The van der Waals surface area contributed by atoms with Gasteiger partial charge in [0, 0.05) is 61.9 Å². The topological polar surface area (TPSA) is 98.4 Å². The standard InChI is InChI=1S/C27H25N7O3/c1-31-21-7-4-3-6-20(21)22-23(25(35)32-14-16-33(17-15-32)27-28-12-5-13-29-27)30-34(26(36)24(22)31)18-8-10-19(37-2)11-9-18/h3-13H,14-17H2,1-2H3. The minimum Gasteiger partial charge on any atom is -0.497 e. The summed E-state index contributed by atoms with van der Waals surface area (Å²) in [5, 5.41) is 6.06. The summed E-state index contributed by atoms with van der Waals surface area (Å²) in [4.78, 5) is 40.2. The van der Waals surface area contributed by atoms with E-state index in [-0.39, 0.29) is 17.2 Å². The molecule has 10 heteroatoms. The van der Waals surface area contributed by atoms with Gasteiger partial charge in [0.1, 0.15) is 11.3 Å². The Kier molecular flexibility index (Phi) is 5.56. The maximum atomic E-state index is 14.0. The second-order valence-corrected chi connectivity index (χ2v) is 8.89. The van der Waals surface area contributed by atoms with Crippen molar-refractivity contribution in [1.82, 2.24) is 29.2 Å². The number of carbonyl (C=O) groups excluding carboxylic acids is 1. The zero-order chi connectivity index (χ0) is 25.5. The summed E-state index contributed by atoms with van der Waals surface area (Å²) in [6.07, 6.45) is 3.42. The first-order chi connectivity index (χ1) is 18.1. The van der Waals surface area contributed by atoms with Gasteiger partial charge in [0.15, 0.2) is 5.69 Å². The Labute approximate surface area is 212 Å². The molecule has 0 bridgehead atoms. The normalized spacial score (nSPS) is 13.9. The highest BCUT2D eigenvalue weighted by Crippen LogP contribution is 2.29. The molecule has 0 spiro atoms. The lowest BCUT2D eigenvalue weighted by Crippen LogP contribution is -2.49. The Morgan fingerprint density at radius 2 is 1.62 bits per heavy atom. The summed E-state index contributed by atoms with van der Waals surface area (Å²) in [5.41, 5.74) is 1.82. The van der Waals surface area contributed by atoms with Crippen LogP contribution in [0.5, 0.6) is 5.75 Å². The van der Waals surface area contributed by atoms with Crippen LogP contribution in [0.4, 0.5) is 5.95 Å². The third-order valence-corrected chi connectivity index (χ3v) is 6.86. The summed E-state index contributed by atoms with van der Waals surface area (Å²) >= 11 is 0. The minimum absolute atomic E-state index is 0.211. The molecule has 1 amide bonds. The molecule has 5 aromatic rings. The molecule has 1 saturated heterocycles. The van der Waals surface area contributed by atoms with E-state index in [9.17, 15) is 9.59 Å². The lowest BCUT2D eigenvalue weighted by molar-refractivity contribution is 0.0740. The second kappa shape index (κ2) is 9.05. The fourth-order valence-electron chi connectivity index (χ4n) is 4.94. The van der Waals surface area contributed by atoms with Crippen molar-refractivity contribution in [3.8, 4) is 11.4 Å². The van der Waals surface area contributed by atoms with Crippen LogP contribution < -0.4 is 15.2 Å². The van der Waals surface area contributed by atoms with E-state index in [2.05, 4.69) is 20.0 Å². The number of benzene rings is 2. The average Bonchev–Trinajstić information content (AvgIpc) is 3.26. The summed E-state index contributed by atoms with van der Waals surface area (Å²) in [5.74, 6) is 1.11. The van der Waals surface area contributed by atoms with Crippen LogP contribution in [0, 0.1) is 0 Å². The van der Waals surface area contributed by atoms with Crippen LogP contribution in [0.2, 0.25) is 0 Å². The highest BCUT2D eigenvalue weighted by atomic mass is 16.5. The van der Waals surface area contributed by atoms with E-state index in [0.717, 1.165) is 10.9 Å². The number of hydrogen-bond acceptors (Lipinski definition) is 7. The van der Waals surface area contributed by atoms with Gasteiger partial charge in [-0.2, -0.15) is 9.78 Å². The second-order valence-electron chi connectivity index (χ2n) is 8.89. The zero-order valence-electron chi connectivity index (χ0n) is 20.5. The number of anilines is 1. The number of fused-ring (bicyclic) bond motifs is 3. The van der Waals surface area contributed by atoms with E-state index in [1.54, 1.807) is 54.7 Å². The molecule has 0 aliphatic carbocycles. The lowest BCUT2D eigenvalue weighted by Gasteiger charge is -2.34. The summed E-state index contributed by atoms with van der Waals surface area (Å²) in [6.45, 7) is 2.19. The van der Waals surface area contributed by atoms with Gasteiger partial charge in [0.05, 0.1) is 12.8 Å². The maximum absolute atomic E-state index is 14.0. The Morgan fingerprint density at radius 3 is 2.32 bits per heavy atom. The Balaban J connectivity index is 1.46. The molecule has 186 valence electrons. The number of aromatic nitrogens is 5. The molecule has 0 atom stereocenters. The van der Waals surface area contributed by atoms with Crippen molar-refractivity contribution in [1.29, 1.82) is 0 Å². The molecule has 6 rings (SSSR count). The third kappa shape index (κ3) is 3.77. The molecule has 37 heavy (non-hydrogen) atoms. The molecule has 0 radical (unpaired) electrons. The quantitative estimate of drug-likeness (QED) is 0.378. The average molecular weight is 496 g/mol. The Hall–Kier alpha value is -4.73. The van der Waals surface area contributed by atoms with Gasteiger partial charge in [-0.25, -0.2) is 9.97 Å². The van der Waals surface area contributed by atoms with Gasteiger partial charge in [-0.15, -0.1) is 0 Å². The molecule has 1 fully saturated rings. The number of methoxy groups -OCH3 is 1. The van der Waals surface area contributed by atoms with Crippen molar-refractivity contribution in [3.05, 3.63) is 83.0 Å². The van der Waals surface area contributed by atoms with Gasteiger partial charge in [-0.1, -0.05) is 18.2 Å². The fraction of sp³-hybridized carbons (Fsp3) is 0.222. The van der Waals surface area contributed by atoms with Crippen LogP contribution in [0.1, 0.15) is 10.5 Å². The number of para-hydroxylation sites is 1. The van der Waals surface area contributed by atoms with Crippen molar-refractivity contribution in [2.75, 3.05) is 38.2 Å². The van der Waals surface area contributed by atoms with Crippen molar-refractivity contribution >= 4 is 33.7 Å². The third-order valence-electron chi connectivity index (χ3n) is 6.86. The number of amides is 1. The predicted octanol–water partition coefficient (Wildman–Crippen LogP) is 2.64. The van der Waals surface area contributed by atoms with E-state index in [4.69, 9.17) is 4.74 Å². The number of rotatable bonds is 4. The van der Waals surface area contributed by atoms with E-state index in [0.29, 0.717) is 54.5 Å². The zero-order valence-corrected chi connectivity index (χ0v) is 20.5. The lowest BCUT2D eigenvalue weighted by atomic mass is 10.1. The minimum atomic E-state index is -0.290. The van der Waals surface area contributed by atoms with Crippen molar-refractivity contribution in [3.63, 3.8) is 0 Å². The predicted molar refractivity (Wildman–Crippen MR) is 141 cm³/mol. The smallest absolute Gasteiger partial charge is 0.296 e. The molecule has 1 aliphatic heterocycles. The number of piperazine rings is 1. The maximum Gasteiger partial charge on any atom is 0.296 e. The van der Waals surface area contributed by atoms with Gasteiger partial charge in [-0.05, 0) is 36.4 Å². The monoisotopic (exact) mass is 495 g/mol. The molecule has 1 aliphatic rings. The first kappa shape index (κ1) is 22.7. The van der Waals surface area contributed by atoms with Crippen LogP contribution in [0.25, 0.3) is 27.5 Å². The SMILES string of the molecule is COc1ccc(-n2nc(C(=O)N3CCN(c4ncccn4)CC3)c3c4ccccc4n(C)c3c2=O)cc1. The van der Waals surface area contributed by atoms with Gasteiger partial charge in [0.25, 0.3) is 11.5 Å². The molecule has 3 aromatic heterocycles. The van der Waals surface area contributed by atoms with Crippen LogP contribution in [-0.2, 0) is 7.05 Å². The van der Waals surface area contributed by atoms with Gasteiger partial charge in [-0.3, -0.25) is 9.59 Å². The largest absolute Gasteiger partial charge is 0.497 e. The van der Waals surface area contributed by atoms with Crippen LogP contribution in [-0.4, -0.2) is 68.4 Å². The molecule has 4 heterocycles. The Morgan fingerprint density at radius 1 is 0.919 bits per heavy atom. The summed E-state index contributed by atoms with van der Waals surface area (Å²) < 4.78 is 8.41. The van der Waals surface area contributed by atoms with Crippen molar-refractivity contribution in [2.24, 2.45) is 7.05 Å². The molecule has 2 aromatic carbocycles. The van der Waals surface area contributed by atoms with E-state index in [1.807, 2.05) is 35.9 Å². The Bertz CT molecular complexity index is 1670. The molecule has 0 saturated carbocycles. The van der Waals surface area contributed by atoms with Gasteiger partial charge < -0.3 is 19.1 Å². The van der Waals surface area contributed by atoms with Crippen LogP contribution >= 0.6 is 0 Å². The highest BCUT2D eigenvalue weighted by Gasteiger charge is 2.29. The molecule has 0 unspecified atom stereocenters. The number of hydrogen-bond donors (Lipinski definition) is 0. The molecular formula is C27H25N7O3. The van der Waals surface area contributed by atoms with E-state index in [1.165, 1.54) is 4.68 Å². The number of aryl methyl sites for hydroxylation is 1. The van der Waals surface area contributed by atoms with E-state index < -0.39 is 0 Å². The van der Waals surface area contributed by atoms with Crippen molar-refractivity contribution < 1.29 is 9.53 Å². The van der Waals surface area contributed by atoms with Crippen molar-refractivity contribution in [2.45, 2.75) is 0 Å². The number of nitrogens with zero attached hydrogens (tertiary/aromatic N) is 7. The van der Waals surface area contributed by atoms with Crippen LogP contribution in [0.3, 0.4) is 0 Å². The first-order valence-electron chi connectivity index (χ1n) is 12.0. The van der Waals surface area contributed by atoms with Gasteiger partial charge >= 0.3 is 0 Å². The number of carbonyl (C=O) groups is 1. The molecule has 0 N–H and O–H groups in total. The van der Waals surface area contributed by atoms with E-state index >= 15 is 0 Å². The molecular weight excluding hydrogens is 470 g/mol. The van der Waals surface area contributed by atoms with Gasteiger partial charge in [0.2, 0.25) is 5.95 Å².